The van der Waals surface area contributed by atoms with Gasteiger partial charge in [-0.1, -0.05) is 19.3 Å². The van der Waals surface area contributed by atoms with Gasteiger partial charge in [0.2, 0.25) is 0 Å². The molecular weight excluding hydrogens is 160 g/mol. The highest BCUT2D eigenvalue weighted by Gasteiger charge is 2.38. The van der Waals surface area contributed by atoms with Crippen LogP contribution < -0.4 is 5.73 Å². The molecule has 0 aromatic rings. The van der Waals surface area contributed by atoms with Crippen molar-refractivity contribution >= 4 is 0 Å². The first-order chi connectivity index (χ1) is 5.67. The van der Waals surface area contributed by atoms with E-state index in [-0.39, 0.29) is 13.0 Å². The van der Waals surface area contributed by atoms with Gasteiger partial charge in [-0.2, -0.15) is 0 Å². The van der Waals surface area contributed by atoms with Crippen LogP contribution in [0.1, 0.15) is 38.5 Å². The summed E-state index contributed by atoms with van der Waals surface area (Å²) >= 11 is 0. The van der Waals surface area contributed by atoms with E-state index in [0.717, 1.165) is 19.3 Å². The Morgan fingerprint density at radius 3 is 2.25 bits per heavy atom. The summed E-state index contributed by atoms with van der Waals surface area (Å²) in [6, 6.07) is 0. The van der Waals surface area contributed by atoms with Crippen molar-refractivity contribution in [2.45, 2.75) is 44.4 Å². The molecule has 0 saturated heterocycles. The Morgan fingerprint density at radius 2 is 1.75 bits per heavy atom. The number of hydrogen-bond donors (Lipinski definition) is 1. The predicted molar refractivity (Wildman–Crippen MR) is 45.2 cm³/mol. The van der Waals surface area contributed by atoms with Gasteiger partial charge in [-0.05, 0) is 19.4 Å². The zero-order valence-corrected chi connectivity index (χ0v) is 7.36. The van der Waals surface area contributed by atoms with Crippen LogP contribution in [0, 0.1) is 5.92 Å². The van der Waals surface area contributed by atoms with E-state index in [1.54, 1.807) is 0 Å². The van der Waals surface area contributed by atoms with Crippen molar-refractivity contribution in [3.05, 3.63) is 0 Å². The minimum Gasteiger partial charge on any atom is -0.330 e. The van der Waals surface area contributed by atoms with Crippen molar-refractivity contribution in [1.82, 2.24) is 0 Å². The fraction of sp³-hybridized carbons (Fsp3) is 1.00. The van der Waals surface area contributed by atoms with Crippen molar-refractivity contribution in [3.63, 3.8) is 0 Å². The van der Waals surface area contributed by atoms with Crippen molar-refractivity contribution in [2.24, 2.45) is 11.7 Å². The molecule has 3 heteroatoms. The molecule has 1 rings (SSSR count). The molecule has 1 aliphatic rings. The average Bonchev–Trinajstić information content (AvgIpc) is 2.06. The molecule has 0 aromatic heterocycles. The molecule has 1 nitrogen and oxygen atoms in total. The second kappa shape index (κ2) is 4.17. The normalized spacial score (nSPS) is 21.2. The van der Waals surface area contributed by atoms with Crippen LogP contribution in [0.5, 0.6) is 0 Å². The fourth-order valence-electron chi connectivity index (χ4n) is 1.92. The van der Waals surface area contributed by atoms with Crippen molar-refractivity contribution in [3.8, 4) is 0 Å². The third kappa shape index (κ3) is 2.41. The highest BCUT2D eigenvalue weighted by atomic mass is 19.3. The first-order valence-electron chi connectivity index (χ1n) is 4.74. The molecule has 0 amide bonds. The van der Waals surface area contributed by atoms with Crippen LogP contribution in [-0.2, 0) is 0 Å². The van der Waals surface area contributed by atoms with E-state index >= 15 is 0 Å². The molecule has 12 heavy (non-hydrogen) atoms. The number of rotatable bonds is 3. The highest BCUT2D eigenvalue weighted by molar-refractivity contribution is 4.80. The van der Waals surface area contributed by atoms with Crippen LogP contribution in [-0.4, -0.2) is 12.5 Å². The molecule has 2 N–H and O–H groups in total. The van der Waals surface area contributed by atoms with Gasteiger partial charge >= 0.3 is 0 Å². The van der Waals surface area contributed by atoms with Gasteiger partial charge in [0.25, 0.3) is 5.92 Å². The summed E-state index contributed by atoms with van der Waals surface area (Å²) < 4.78 is 26.5. The maximum atomic E-state index is 13.2. The average molecular weight is 177 g/mol. The van der Waals surface area contributed by atoms with Crippen LogP contribution in [0.4, 0.5) is 8.78 Å². The standard InChI is InChI=1S/C9H17F2N/c10-9(11,6-7-12)8-4-2-1-3-5-8/h8H,1-7,12H2. The molecule has 0 aliphatic heterocycles. The zero-order valence-electron chi connectivity index (χ0n) is 7.36. The van der Waals surface area contributed by atoms with E-state index in [1.807, 2.05) is 0 Å². The summed E-state index contributed by atoms with van der Waals surface area (Å²) in [5.74, 6) is -2.90. The lowest BCUT2D eigenvalue weighted by molar-refractivity contribution is -0.0751. The molecule has 0 heterocycles. The van der Waals surface area contributed by atoms with E-state index in [1.165, 1.54) is 0 Å². The maximum Gasteiger partial charge on any atom is 0.252 e. The largest absolute Gasteiger partial charge is 0.330 e. The molecule has 1 aliphatic carbocycles. The Bertz CT molecular complexity index is 130. The summed E-state index contributed by atoms with van der Waals surface area (Å²) in [6.45, 7) is 0.101. The first-order valence-corrected chi connectivity index (χ1v) is 4.74. The first kappa shape index (κ1) is 9.90. The Hall–Kier alpha value is -0.180. The second-order valence-corrected chi connectivity index (χ2v) is 3.63. The molecule has 0 bridgehead atoms. The van der Waals surface area contributed by atoms with E-state index in [2.05, 4.69) is 0 Å². The fourth-order valence-corrected chi connectivity index (χ4v) is 1.92. The Labute approximate surface area is 72.3 Å². The molecule has 1 fully saturated rings. The summed E-state index contributed by atoms with van der Waals surface area (Å²) in [5.41, 5.74) is 5.14. The number of hydrogen-bond acceptors (Lipinski definition) is 1. The lowest BCUT2D eigenvalue weighted by Crippen LogP contribution is -2.32. The minimum atomic E-state index is -2.50. The molecule has 0 radical (unpaired) electrons. The third-order valence-electron chi connectivity index (χ3n) is 2.68. The summed E-state index contributed by atoms with van der Waals surface area (Å²) in [4.78, 5) is 0. The van der Waals surface area contributed by atoms with Gasteiger partial charge in [0.1, 0.15) is 0 Å². The molecule has 0 aromatic carbocycles. The molecule has 0 atom stereocenters. The van der Waals surface area contributed by atoms with Gasteiger partial charge in [0, 0.05) is 12.3 Å². The van der Waals surface area contributed by atoms with Crippen molar-refractivity contribution in [1.29, 1.82) is 0 Å². The van der Waals surface area contributed by atoms with Gasteiger partial charge in [-0.3, -0.25) is 0 Å². The predicted octanol–water partition coefficient (Wildman–Crippen LogP) is 2.55. The highest BCUT2D eigenvalue weighted by Crippen LogP contribution is 2.38. The zero-order chi connectivity index (χ0) is 9.03. The summed E-state index contributed by atoms with van der Waals surface area (Å²) in [7, 11) is 0. The van der Waals surface area contributed by atoms with E-state index in [4.69, 9.17) is 5.73 Å². The topological polar surface area (TPSA) is 26.0 Å². The van der Waals surface area contributed by atoms with Gasteiger partial charge in [0.05, 0.1) is 0 Å². The SMILES string of the molecule is NCCC(F)(F)C1CCCCC1. The quantitative estimate of drug-likeness (QED) is 0.704. The van der Waals surface area contributed by atoms with Gasteiger partial charge in [-0.25, -0.2) is 8.78 Å². The van der Waals surface area contributed by atoms with Crippen molar-refractivity contribution in [2.75, 3.05) is 6.54 Å². The summed E-state index contributed by atoms with van der Waals surface area (Å²) in [6.07, 6.45) is 4.28. The smallest absolute Gasteiger partial charge is 0.252 e. The maximum absolute atomic E-state index is 13.2. The van der Waals surface area contributed by atoms with Crippen LogP contribution in [0.25, 0.3) is 0 Å². The molecule has 0 unspecified atom stereocenters. The van der Waals surface area contributed by atoms with E-state index in [0.29, 0.717) is 12.8 Å². The van der Waals surface area contributed by atoms with Crippen LogP contribution in [0.3, 0.4) is 0 Å². The number of alkyl halides is 2. The van der Waals surface area contributed by atoms with E-state index < -0.39 is 11.8 Å². The Balaban J connectivity index is 2.41. The van der Waals surface area contributed by atoms with Gasteiger partial charge in [0.15, 0.2) is 0 Å². The monoisotopic (exact) mass is 177 g/mol. The van der Waals surface area contributed by atoms with Gasteiger partial charge in [-0.15, -0.1) is 0 Å². The second-order valence-electron chi connectivity index (χ2n) is 3.63. The van der Waals surface area contributed by atoms with Crippen LogP contribution in [0.15, 0.2) is 0 Å². The van der Waals surface area contributed by atoms with Crippen molar-refractivity contribution < 1.29 is 8.78 Å². The van der Waals surface area contributed by atoms with Crippen LogP contribution in [0.2, 0.25) is 0 Å². The summed E-state index contributed by atoms with van der Waals surface area (Å²) in [5, 5.41) is 0. The number of halogens is 2. The molecule has 0 spiro atoms. The number of nitrogens with two attached hydrogens (primary N) is 1. The minimum absolute atomic E-state index is 0.101. The van der Waals surface area contributed by atoms with Crippen LogP contribution >= 0.6 is 0 Å². The lowest BCUT2D eigenvalue weighted by Gasteiger charge is -2.29. The third-order valence-corrected chi connectivity index (χ3v) is 2.68. The molecule has 72 valence electrons. The molecule has 1 saturated carbocycles. The Kier molecular flexibility index (Phi) is 3.44. The molecular formula is C9H17F2N. The van der Waals surface area contributed by atoms with Gasteiger partial charge < -0.3 is 5.73 Å². The van der Waals surface area contributed by atoms with E-state index in [9.17, 15) is 8.78 Å². The Morgan fingerprint density at radius 1 is 1.17 bits per heavy atom. The lowest BCUT2D eigenvalue weighted by atomic mass is 9.83.